The number of anilines is 1. The summed E-state index contributed by atoms with van der Waals surface area (Å²) in [6.45, 7) is 0. The lowest BCUT2D eigenvalue weighted by atomic mass is 10.2. The SMILES string of the molecule is COc1ccc(/C=C2\SC(=S)N(NC(=O)Nc3ccccc3)C2=O)cc1. The summed E-state index contributed by atoms with van der Waals surface area (Å²) >= 11 is 6.33. The smallest absolute Gasteiger partial charge is 0.338 e. The van der Waals surface area contributed by atoms with Crippen molar-refractivity contribution in [1.82, 2.24) is 10.4 Å². The summed E-state index contributed by atoms with van der Waals surface area (Å²) in [5.74, 6) is 0.355. The zero-order valence-corrected chi connectivity index (χ0v) is 15.4. The number of para-hydroxylation sites is 1. The molecule has 0 spiro atoms. The lowest BCUT2D eigenvalue weighted by Gasteiger charge is -2.16. The van der Waals surface area contributed by atoms with E-state index in [1.165, 1.54) is 0 Å². The van der Waals surface area contributed by atoms with Crippen LogP contribution < -0.4 is 15.5 Å². The molecule has 0 saturated carbocycles. The van der Waals surface area contributed by atoms with Gasteiger partial charge in [-0.2, -0.15) is 5.01 Å². The second-order valence-corrected chi connectivity index (χ2v) is 6.90. The number of hydrazine groups is 1. The maximum absolute atomic E-state index is 12.5. The molecule has 3 rings (SSSR count). The van der Waals surface area contributed by atoms with E-state index in [-0.39, 0.29) is 10.2 Å². The summed E-state index contributed by atoms with van der Waals surface area (Å²) in [6.07, 6.45) is 1.72. The van der Waals surface area contributed by atoms with E-state index in [1.807, 2.05) is 18.2 Å². The number of nitrogens with zero attached hydrogens (tertiary/aromatic N) is 1. The molecule has 1 heterocycles. The molecule has 0 aliphatic carbocycles. The maximum atomic E-state index is 12.5. The molecule has 2 N–H and O–H groups in total. The Balaban J connectivity index is 1.68. The van der Waals surface area contributed by atoms with Gasteiger partial charge >= 0.3 is 6.03 Å². The molecule has 132 valence electrons. The van der Waals surface area contributed by atoms with Crippen molar-refractivity contribution in [2.24, 2.45) is 0 Å². The van der Waals surface area contributed by atoms with Gasteiger partial charge < -0.3 is 10.1 Å². The van der Waals surface area contributed by atoms with E-state index in [9.17, 15) is 9.59 Å². The van der Waals surface area contributed by atoms with Crippen LogP contribution in [0.25, 0.3) is 6.08 Å². The highest BCUT2D eigenvalue weighted by atomic mass is 32.2. The van der Waals surface area contributed by atoms with Crippen LogP contribution in [-0.2, 0) is 4.79 Å². The number of urea groups is 1. The predicted molar refractivity (Wildman–Crippen MR) is 107 cm³/mol. The molecule has 1 fully saturated rings. The number of thiocarbonyl (C=S) groups is 1. The Morgan fingerprint density at radius 1 is 1.15 bits per heavy atom. The third-order valence-electron chi connectivity index (χ3n) is 3.45. The molecule has 2 aromatic rings. The summed E-state index contributed by atoms with van der Waals surface area (Å²) in [5, 5.41) is 3.70. The summed E-state index contributed by atoms with van der Waals surface area (Å²) in [6, 6.07) is 15.7. The number of ether oxygens (including phenoxy) is 1. The zero-order chi connectivity index (χ0) is 18.5. The van der Waals surface area contributed by atoms with Gasteiger partial charge in [0.1, 0.15) is 5.75 Å². The highest BCUT2D eigenvalue weighted by molar-refractivity contribution is 8.26. The Morgan fingerprint density at radius 3 is 2.50 bits per heavy atom. The third-order valence-corrected chi connectivity index (χ3v) is 4.75. The van der Waals surface area contributed by atoms with Crippen LogP contribution in [0.1, 0.15) is 5.56 Å². The third kappa shape index (κ3) is 4.22. The zero-order valence-electron chi connectivity index (χ0n) is 13.8. The van der Waals surface area contributed by atoms with Gasteiger partial charge in [-0.05, 0) is 48.1 Å². The minimum atomic E-state index is -0.543. The average Bonchev–Trinajstić information content (AvgIpc) is 2.90. The van der Waals surface area contributed by atoms with Crippen molar-refractivity contribution in [3.8, 4) is 5.75 Å². The highest BCUT2D eigenvalue weighted by Crippen LogP contribution is 2.31. The topological polar surface area (TPSA) is 70.7 Å². The van der Waals surface area contributed by atoms with Crippen LogP contribution in [0, 0.1) is 0 Å². The van der Waals surface area contributed by atoms with E-state index in [0.29, 0.717) is 10.6 Å². The number of carbonyl (C=O) groups excluding carboxylic acids is 2. The molecule has 1 aliphatic heterocycles. The van der Waals surface area contributed by atoms with Crippen LogP contribution in [0.4, 0.5) is 10.5 Å². The molecular weight excluding hydrogens is 370 g/mol. The highest BCUT2D eigenvalue weighted by Gasteiger charge is 2.33. The summed E-state index contributed by atoms with van der Waals surface area (Å²) in [4.78, 5) is 25.0. The molecule has 3 amide bonds. The van der Waals surface area contributed by atoms with Crippen LogP contribution in [0.2, 0.25) is 0 Å². The van der Waals surface area contributed by atoms with Crippen LogP contribution in [0.3, 0.4) is 0 Å². The average molecular weight is 385 g/mol. The van der Waals surface area contributed by atoms with Crippen molar-refractivity contribution in [3.63, 3.8) is 0 Å². The first-order valence-corrected chi connectivity index (χ1v) is 8.84. The molecule has 6 nitrogen and oxygen atoms in total. The number of nitrogens with one attached hydrogen (secondary N) is 2. The van der Waals surface area contributed by atoms with Gasteiger partial charge in [-0.25, -0.2) is 10.2 Å². The van der Waals surface area contributed by atoms with Crippen molar-refractivity contribution in [2.45, 2.75) is 0 Å². The second-order valence-electron chi connectivity index (χ2n) is 5.22. The largest absolute Gasteiger partial charge is 0.497 e. The van der Waals surface area contributed by atoms with Crippen LogP contribution >= 0.6 is 24.0 Å². The Hall–Kier alpha value is -2.84. The maximum Gasteiger partial charge on any atom is 0.338 e. The fourth-order valence-corrected chi connectivity index (χ4v) is 3.38. The lowest BCUT2D eigenvalue weighted by Crippen LogP contribution is -2.46. The van der Waals surface area contributed by atoms with E-state index in [0.717, 1.165) is 28.1 Å². The minimum absolute atomic E-state index is 0.262. The van der Waals surface area contributed by atoms with Gasteiger partial charge in [0.25, 0.3) is 5.91 Å². The van der Waals surface area contributed by atoms with Gasteiger partial charge in [0.2, 0.25) is 0 Å². The molecule has 1 saturated heterocycles. The second kappa shape index (κ2) is 8.03. The van der Waals surface area contributed by atoms with Crippen LogP contribution in [0.15, 0.2) is 59.5 Å². The number of hydrogen-bond acceptors (Lipinski definition) is 5. The first-order valence-electron chi connectivity index (χ1n) is 7.61. The predicted octanol–water partition coefficient (Wildman–Crippen LogP) is 3.63. The lowest BCUT2D eigenvalue weighted by molar-refractivity contribution is -0.123. The Bertz CT molecular complexity index is 867. The Kier molecular flexibility index (Phi) is 5.55. The van der Waals surface area contributed by atoms with Gasteiger partial charge in [-0.1, -0.05) is 42.1 Å². The van der Waals surface area contributed by atoms with Crippen molar-refractivity contribution in [2.75, 3.05) is 12.4 Å². The molecule has 8 heteroatoms. The number of rotatable bonds is 4. The number of methoxy groups -OCH3 is 1. The molecule has 2 aromatic carbocycles. The van der Waals surface area contributed by atoms with Crippen molar-refractivity contribution >= 4 is 52.0 Å². The Morgan fingerprint density at radius 2 is 1.85 bits per heavy atom. The van der Waals surface area contributed by atoms with Gasteiger partial charge in [0.05, 0.1) is 12.0 Å². The van der Waals surface area contributed by atoms with Gasteiger partial charge in [0.15, 0.2) is 4.32 Å². The monoisotopic (exact) mass is 385 g/mol. The number of hydrogen-bond donors (Lipinski definition) is 2. The molecule has 0 atom stereocenters. The normalized spacial score (nSPS) is 15.3. The molecular formula is C18H15N3O3S2. The Labute approximate surface area is 160 Å². The van der Waals surface area contributed by atoms with Crippen LogP contribution in [0.5, 0.6) is 5.75 Å². The quantitative estimate of drug-likeness (QED) is 0.621. The minimum Gasteiger partial charge on any atom is -0.497 e. The summed E-state index contributed by atoms with van der Waals surface area (Å²) < 4.78 is 5.37. The molecule has 0 bridgehead atoms. The number of carbonyl (C=O) groups is 2. The van der Waals surface area contributed by atoms with E-state index in [4.69, 9.17) is 17.0 Å². The van der Waals surface area contributed by atoms with E-state index >= 15 is 0 Å². The molecule has 0 aromatic heterocycles. The van der Waals surface area contributed by atoms with E-state index < -0.39 is 6.03 Å². The first kappa shape index (κ1) is 18.0. The van der Waals surface area contributed by atoms with Crippen molar-refractivity contribution in [3.05, 3.63) is 65.1 Å². The molecule has 0 radical (unpaired) electrons. The number of thioether (sulfide) groups is 1. The van der Waals surface area contributed by atoms with Crippen molar-refractivity contribution in [1.29, 1.82) is 0 Å². The van der Waals surface area contributed by atoms with Gasteiger partial charge in [0, 0.05) is 5.69 Å². The molecule has 26 heavy (non-hydrogen) atoms. The van der Waals surface area contributed by atoms with E-state index in [1.54, 1.807) is 49.6 Å². The van der Waals surface area contributed by atoms with Gasteiger partial charge in [-0.15, -0.1) is 0 Å². The fourth-order valence-electron chi connectivity index (χ4n) is 2.20. The number of benzene rings is 2. The van der Waals surface area contributed by atoms with Crippen LogP contribution in [-0.4, -0.2) is 28.4 Å². The first-order chi connectivity index (χ1) is 12.6. The summed E-state index contributed by atoms with van der Waals surface area (Å²) in [7, 11) is 1.59. The van der Waals surface area contributed by atoms with Gasteiger partial charge in [-0.3, -0.25) is 4.79 Å². The van der Waals surface area contributed by atoms with E-state index in [2.05, 4.69) is 10.7 Å². The fraction of sp³-hybridized carbons (Fsp3) is 0.0556. The standard InChI is InChI=1S/C18H15N3O3S2/c1-24-14-9-7-12(8-10-14)11-15-16(22)21(18(25)26-15)20-17(23)19-13-5-3-2-4-6-13/h2-11H,1H3,(H2,19,20,23)/b15-11-. The molecule has 0 unspecified atom stereocenters. The number of amides is 3. The molecule has 1 aliphatic rings. The summed E-state index contributed by atoms with van der Waals surface area (Å²) in [5.41, 5.74) is 3.92. The van der Waals surface area contributed by atoms with Crippen molar-refractivity contribution < 1.29 is 14.3 Å².